The number of hydrogen-bond acceptors (Lipinski definition) is 5. The molecule has 7 heteroatoms. The standard InChI is InChI=1S/C22H23N5O2/c1-14(2)22(4)8-7-19-23-12-18(27(19)10-9-22)21(28)25-17-11-16(6-5-15(17)3)20-24-13-29-26-20/h5-14H,1-4H3,(H,25,28). The molecule has 1 amide bonds. The Balaban J connectivity index is 1.63. The van der Waals surface area contributed by atoms with Gasteiger partial charge in [-0.3, -0.25) is 9.36 Å². The molecule has 0 saturated carbocycles. The number of carbonyl (C=O) groups is 1. The van der Waals surface area contributed by atoms with Crippen LogP contribution >= 0.6 is 0 Å². The van der Waals surface area contributed by atoms with E-state index >= 15 is 0 Å². The molecule has 0 radical (unpaired) electrons. The number of anilines is 1. The lowest BCUT2D eigenvalue weighted by atomic mass is 9.79. The number of amides is 1. The van der Waals surface area contributed by atoms with Crippen molar-refractivity contribution in [2.75, 3.05) is 5.32 Å². The Kier molecular flexibility index (Phi) is 4.66. The molecule has 7 nitrogen and oxygen atoms in total. The number of nitrogens with zero attached hydrogens (tertiary/aromatic N) is 4. The van der Waals surface area contributed by atoms with Crippen molar-refractivity contribution in [2.24, 2.45) is 11.3 Å². The predicted molar refractivity (Wildman–Crippen MR) is 112 cm³/mol. The fraction of sp³-hybridized carbons (Fsp3) is 0.273. The molecule has 0 aliphatic carbocycles. The Bertz CT molecular complexity index is 1110. The third kappa shape index (κ3) is 3.51. The van der Waals surface area contributed by atoms with Crippen LogP contribution in [0.4, 0.5) is 5.69 Å². The van der Waals surface area contributed by atoms with Crippen LogP contribution in [0.25, 0.3) is 23.7 Å². The molecule has 148 valence electrons. The highest BCUT2D eigenvalue weighted by Crippen LogP contribution is 2.33. The number of allylic oxidation sites excluding steroid dienone is 2. The maximum absolute atomic E-state index is 13.0. The second-order valence-electron chi connectivity index (χ2n) is 7.78. The number of carbonyl (C=O) groups excluding carboxylic acids is 1. The van der Waals surface area contributed by atoms with Gasteiger partial charge in [0.1, 0.15) is 11.5 Å². The highest BCUT2D eigenvalue weighted by atomic mass is 16.5. The number of rotatable bonds is 4. The van der Waals surface area contributed by atoms with Gasteiger partial charge in [0.2, 0.25) is 12.2 Å². The average molecular weight is 389 g/mol. The molecular weight excluding hydrogens is 366 g/mol. The number of hydrogen-bond donors (Lipinski definition) is 1. The smallest absolute Gasteiger partial charge is 0.274 e. The summed E-state index contributed by atoms with van der Waals surface area (Å²) in [4.78, 5) is 21.5. The number of imidazole rings is 1. The van der Waals surface area contributed by atoms with Crippen molar-refractivity contribution >= 4 is 23.9 Å². The van der Waals surface area contributed by atoms with Crippen molar-refractivity contribution in [1.82, 2.24) is 19.7 Å². The summed E-state index contributed by atoms with van der Waals surface area (Å²) in [6.45, 7) is 8.46. The zero-order valence-corrected chi connectivity index (χ0v) is 16.9. The number of fused-ring (bicyclic) bond motifs is 1. The minimum absolute atomic E-state index is 0.0933. The molecule has 1 unspecified atom stereocenters. The van der Waals surface area contributed by atoms with Gasteiger partial charge in [0.05, 0.1) is 6.20 Å². The maximum atomic E-state index is 13.0. The van der Waals surface area contributed by atoms with E-state index in [-0.39, 0.29) is 11.3 Å². The first kappa shape index (κ1) is 18.9. The summed E-state index contributed by atoms with van der Waals surface area (Å²) in [6, 6.07) is 5.64. The second-order valence-corrected chi connectivity index (χ2v) is 7.78. The van der Waals surface area contributed by atoms with Gasteiger partial charge in [-0.1, -0.05) is 50.2 Å². The van der Waals surface area contributed by atoms with Gasteiger partial charge in [0.25, 0.3) is 5.91 Å². The Morgan fingerprint density at radius 1 is 1.24 bits per heavy atom. The van der Waals surface area contributed by atoms with E-state index in [1.54, 1.807) is 6.20 Å². The van der Waals surface area contributed by atoms with Crippen molar-refractivity contribution < 1.29 is 9.32 Å². The molecule has 4 rings (SSSR count). The van der Waals surface area contributed by atoms with Crippen LogP contribution in [0.15, 0.2) is 47.5 Å². The molecule has 2 aromatic heterocycles. The van der Waals surface area contributed by atoms with Gasteiger partial charge >= 0.3 is 0 Å². The fourth-order valence-corrected chi connectivity index (χ4v) is 3.13. The Morgan fingerprint density at radius 2 is 2.07 bits per heavy atom. The summed E-state index contributed by atoms with van der Waals surface area (Å²) in [5.74, 6) is 1.39. The van der Waals surface area contributed by atoms with Crippen molar-refractivity contribution in [3.05, 3.63) is 60.0 Å². The fourth-order valence-electron chi connectivity index (χ4n) is 3.13. The van der Waals surface area contributed by atoms with Gasteiger partial charge in [-0.25, -0.2) is 4.98 Å². The highest BCUT2D eigenvalue weighted by molar-refractivity contribution is 6.04. The van der Waals surface area contributed by atoms with Crippen molar-refractivity contribution in [3.63, 3.8) is 0 Å². The molecule has 1 aliphatic rings. The first-order valence-corrected chi connectivity index (χ1v) is 9.52. The minimum Gasteiger partial charge on any atom is -0.342 e. The highest BCUT2D eigenvalue weighted by Gasteiger charge is 2.25. The predicted octanol–water partition coefficient (Wildman–Crippen LogP) is 4.65. The Labute approximate surface area is 169 Å². The molecule has 1 aliphatic heterocycles. The summed E-state index contributed by atoms with van der Waals surface area (Å²) >= 11 is 0. The first-order valence-electron chi connectivity index (χ1n) is 9.52. The number of aryl methyl sites for hydroxylation is 1. The molecule has 29 heavy (non-hydrogen) atoms. The van der Waals surface area contributed by atoms with E-state index in [2.05, 4.69) is 53.4 Å². The van der Waals surface area contributed by atoms with Crippen LogP contribution in [0.3, 0.4) is 0 Å². The molecule has 1 N–H and O–H groups in total. The van der Waals surface area contributed by atoms with Crippen LogP contribution in [0.1, 0.15) is 42.6 Å². The van der Waals surface area contributed by atoms with Gasteiger partial charge < -0.3 is 9.84 Å². The Hall–Kier alpha value is -3.48. The summed E-state index contributed by atoms with van der Waals surface area (Å²) < 4.78 is 6.63. The normalized spacial score (nSPS) is 18.0. The van der Waals surface area contributed by atoms with E-state index in [0.717, 1.165) is 17.0 Å². The molecule has 3 aromatic rings. The van der Waals surface area contributed by atoms with Gasteiger partial charge in [0.15, 0.2) is 0 Å². The number of nitrogens with one attached hydrogen (secondary N) is 1. The molecule has 0 fully saturated rings. The number of aromatic nitrogens is 4. The van der Waals surface area contributed by atoms with E-state index < -0.39 is 0 Å². The van der Waals surface area contributed by atoms with Crippen LogP contribution in [0.2, 0.25) is 0 Å². The molecule has 1 atom stereocenters. The van der Waals surface area contributed by atoms with Crippen LogP contribution < -0.4 is 5.32 Å². The molecule has 1 aromatic carbocycles. The zero-order chi connectivity index (χ0) is 20.6. The van der Waals surface area contributed by atoms with Gasteiger partial charge in [-0.15, -0.1) is 0 Å². The zero-order valence-electron chi connectivity index (χ0n) is 16.9. The SMILES string of the molecule is Cc1ccc(-c2ncon2)cc1NC(=O)c1cnc2n1C=CC(C)(C(C)C)C=C2. The van der Waals surface area contributed by atoms with Crippen molar-refractivity contribution in [2.45, 2.75) is 27.7 Å². The molecule has 0 spiro atoms. The monoisotopic (exact) mass is 389 g/mol. The molecular formula is C22H23N5O2. The molecule has 0 bridgehead atoms. The number of benzene rings is 1. The van der Waals surface area contributed by atoms with Crippen LogP contribution in [-0.2, 0) is 0 Å². The lowest BCUT2D eigenvalue weighted by molar-refractivity contribution is 0.102. The average Bonchev–Trinajstić information content (AvgIpc) is 3.33. The Morgan fingerprint density at radius 3 is 2.79 bits per heavy atom. The van der Waals surface area contributed by atoms with E-state index in [9.17, 15) is 4.79 Å². The quantitative estimate of drug-likeness (QED) is 0.702. The largest absolute Gasteiger partial charge is 0.342 e. The lowest BCUT2D eigenvalue weighted by Gasteiger charge is -2.25. The van der Waals surface area contributed by atoms with Crippen molar-refractivity contribution in [3.8, 4) is 11.4 Å². The van der Waals surface area contributed by atoms with Crippen LogP contribution in [-0.4, -0.2) is 25.6 Å². The minimum atomic E-state index is -0.233. The summed E-state index contributed by atoms with van der Waals surface area (Å²) in [5, 5.41) is 6.84. The second kappa shape index (κ2) is 7.16. The summed E-state index contributed by atoms with van der Waals surface area (Å²) in [7, 11) is 0. The van der Waals surface area contributed by atoms with Gasteiger partial charge in [-0.05, 0) is 30.5 Å². The third-order valence-corrected chi connectivity index (χ3v) is 5.58. The molecule has 0 saturated heterocycles. The third-order valence-electron chi connectivity index (χ3n) is 5.58. The topological polar surface area (TPSA) is 85.8 Å². The van der Waals surface area contributed by atoms with Gasteiger partial charge in [-0.2, -0.15) is 4.98 Å². The van der Waals surface area contributed by atoms with E-state index in [1.165, 1.54) is 6.39 Å². The van der Waals surface area contributed by atoms with E-state index in [1.807, 2.05) is 42.0 Å². The van der Waals surface area contributed by atoms with E-state index in [4.69, 9.17) is 4.52 Å². The van der Waals surface area contributed by atoms with Crippen molar-refractivity contribution in [1.29, 1.82) is 0 Å². The van der Waals surface area contributed by atoms with Crippen LogP contribution in [0, 0.1) is 18.3 Å². The lowest BCUT2D eigenvalue weighted by Crippen LogP contribution is -2.18. The first-order chi connectivity index (χ1) is 13.9. The van der Waals surface area contributed by atoms with E-state index in [0.29, 0.717) is 23.1 Å². The van der Waals surface area contributed by atoms with Crippen LogP contribution in [0.5, 0.6) is 0 Å². The molecule has 3 heterocycles. The summed E-state index contributed by atoms with van der Waals surface area (Å²) in [6.07, 6.45) is 11.0. The summed E-state index contributed by atoms with van der Waals surface area (Å²) in [5.41, 5.74) is 2.77. The maximum Gasteiger partial charge on any atom is 0.274 e. The van der Waals surface area contributed by atoms with Gasteiger partial charge in [0, 0.05) is 22.9 Å².